The molecule has 3 N–H and O–H groups in total. The van der Waals surface area contributed by atoms with Gasteiger partial charge >= 0.3 is 6.03 Å². The van der Waals surface area contributed by atoms with Gasteiger partial charge in [-0.3, -0.25) is 0 Å². The minimum atomic E-state index is -0.352. The molecule has 1 unspecified atom stereocenters. The van der Waals surface area contributed by atoms with Crippen molar-refractivity contribution in [3.63, 3.8) is 0 Å². The molecule has 0 aliphatic carbocycles. The van der Waals surface area contributed by atoms with Crippen LogP contribution in [-0.2, 0) is 7.05 Å². The summed E-state index contributed by atoms with van der Waals surface area (Å²) in [7, 11) is 2.00. The van der Waals surface area contributed by atoms with Crippen molar-refractivity contribution in [2.24, 2.45) is 12.8 Å². The lowest BCUT2D eigenvalue weighted by Crippen LogP contribution is -2.41. The van der Waals surface area contributed by atoms with Gasteiger partial charge in [0.1, 0.15) is 0 Å². The first-order valence-corrected chi connectivity index (χ1v) is 8.31. The number of aryl methyl sites for hydroxylation is 1. The fourth-order valence-corrected chi connectivity index (χ4v) is 3.67. The number of H-pyrrole nitrogens is 1. The van der Waals surface area contributed by atoms with Crippen LogP contribution in [0.4, 0.5) is 4.79 Å². The van der Waals surface area contributed by atoms with Gasteiger partial charge in [0.25, 0.3) is 0 Å². The van der Waals surface area contributed by atoms with E-state index in [4.69, 9.17) is 10.7 Å². The molecule has 1 atom stereocenters. The van der Waals surface area contributed by atoms with Crippen molar-refractivity contribution in [1.82, 2.24) is 19.4 Å². The largest absolute Gasteiger partial charge is 0.351 e. The number of rotatable bonds is 2. The number of hydrogen-bond donors (Lipinski definition) is 2. The zero-order chi connectivity index (χ0) is 16.7. The van der Waals surface area contributed by atoms with Crippen molar-refractivity contribution in [2.45, 2.75) is 25.3 Å². The van der Waals surface area contributed by atoms with E-state index in [9.17, 15) is 4.79 Å². The summed E-state index contributed by atoms with van der Waals surface area (Å²) in [6.07, 6.45) is 5.03. The molecule has 0 bridgehead atoms. The quantitative estimate of drug-likeness (QED) is 0.759. The van der Waals surface area contributed by atoms with Crippen molar-refractivity contribution < 1.29 is 4.79 Å². The predicted octanol–water partition coefficient (Wildman–Crippen LogP) is 3.17. The number of fused-ring (bicyclic) bond motifs is 1. The number of amides is 2. The van der Waals surface area contributed by atoms with E-state index in [1.807, 2.05) is 42.1 Å². The van der Waals surface area contributed by atoms with E-state index in [2.05, 4.69) is 11.1 Å². The summed E-state index contributed by atoms with van der Waals surface area (Å²) in [4.78, 5) is 21.8. The zero-order valence-electron chi connectivity index (χ0n) is 13.7. The summed E-state index contributed by atoms with van der Waals surface area (Å²) in [6, 6.07) is 9.78. The Labute approximate surface area is 140 Å². The Balaban J connectivity index is 1.82. The summed E-state index contributed by atoms with van der Waals surface area (Å²) in [5, 5.41) is 0. The van der Waals surface area contributed by atoms with Gasteiger partial charge in [-0.05, 0) is 37.5 Å². The smallest absolute Gasteiger partial charge is 0.315 e. The fourth-order valence-electron chi connectivity index (χ4n) is 3.67. The van der Waals surface area contributed by atoms with Gasteiger partial charge in [0.15, 0.2) is 5.82 Å². The number of urea groups is 1. The molecule has 6 nitrogen and oxygen atoms in total. The number of piperidine rings is 1. The molecule has 1 aliphatic heterocycles. The Bertz CT molecular complexity index is 894. The topological polar surface area (TPSA) is 79.9 Å². The summed E-state index contributed by atoms with van der Waals surface area (Å²) in [6.45, 7) is 0.714. The monoisotopic (exact) mass is 323 g/mol. The third-order valence-corrected chi connectivity index (χ3v) is 4.88. The van der Waals surface area contributed by atoms with Crippen LogP contribution in [0.2, 0.25) is 0 Å². The number of primary amides is 1. The Morgan fingerprint density at radius 1 is 1.29 bits per heavy atom. The van der Waals surface area contributed by atoms with E-state index < -0.39 is 0 Å². The molecule has 0 saturated carbocycles. The Morgan fingerprint density at radius 2 is 2.17 bits per heavy atom. The molecular formula is C18H21N5O. The molecule has 2 aromatic heterocycles. The molecule has 3 aromatic rings. The number of nitrogens with one attached hydrogen (secondary N) is 1. The number of imidazole rings is 1. The van der Waals surface area contributed by atoms with E-state index in [1.54, 1.807) is 4.90 Å². The number of hydrogen-bond acceptors (Lipinski definition) is 2. The van der Waals surface area contributed by atoms with Gasteiger partial charge < -0.3 is 20.2 Å². The number of aromatic nitrogens is 3. The van der Waals surface area contributed by atoms with Crippen molar-refractivity contribution in [1.29, 1.82) is 0 Å². The van der Waals surface area contributed by atoms with E-state index in [0.717, 1.165) is 47.4 Å². The van der Waals surface area contributed by atoms with Gasteiger partial charge in [0.2, 0.25) is 0 Å². The minimum Gasteiger partial charge on any atom is -0.351 e. The highest BCUT2D eigenvalue weighted by Crippen LogP contribution is 2.35. The third kappa shape index (κ3) is 2.35. The molecule has 0 radical (unpaired) electrons. The van der Waals surface area contributed by atoms with Crippen molar-refractivity contribution in [2.75, 3.05) is 6.54 Å². The maximum absolute atomic E-state index is 11.8. The van der Waals surface area contributed by atoms with Crippen LogP contribution in [0.1, 0.15) is 30.9 Å². The van der Waals surface area contributed by atoms with Crippen molar-refractivity contribution in [3.05, 3.63) is 42.1 Å². The maximum atomic E-state index is 11.8. The number of para-hydroxylation sites is 1. The van der Waals surface area contributed by atoms with Crippen LogP contribution in [0.3, 0.4) is 0 Å². The highest BCUT2D eigenvalue weighted by atomic mass is 16.2. The van der Waals surface area contributed by atoms with Crippen LogP contribution in [0.25, 0.3) is 22.6 Å². The Morgan fingerprint density at radius 3 is 2.92 bits per heavy atom. The van der Waals surface area contributed by atoms with Crippen LogP contribution < -0.4 is 5.73 Å². The standard InChI is InChI=1S/C18H21N5O/c1-22-10-5-9-15(22)17-20-13-7-4-6-12(16(13)21-17)14-8-2-3-11-23(14)18(19)24/h4-7,9-10,14H,2-3,8,11H2,1H3,(H2,19,24)(H,20,21). The number of nitrogens with two attached hydrogens (primary N) is 1. The first-order chi connectivity index (χ1) is 11.6. The van der Waals surface area contributed by atoms with Crippen molar-refractivity contribution >= 4 is 17.1 Å². The van der Waals surface area contributed by atoms with Gasteiger partial charge in [0.05, 0.1) is 22.8 Å². The number of likely N-dealkylation sites (tertiary alicyclic amines) is 1. The Hall–Kier alpha value is -2.76. The molecule has 1 aliphatic rings. The number of carbonyl (C=O) groups excluding carboxylic acids is 1. The summed E-state index contributed by atoms with van der Waals surface area (Å²) in [5.41, 5.74) is 9.61. The molecule has 2 amide bonds. The first-order valence-electron chi connectivity index (χ1n) is 8.31. The fraction of sp³-hybridized carbons (Fsp3) is 0.333. The van der Waals surface area contributed by atoms with Crippen LogP contribution in [0.15, 0.2) is 36.5 Å². The summed E-state index contributed by atoms with van der Waals surface area (Å²) >= 11 is 0. The van der Waals surface area contributed by atoms with E-state index in [1.165, 1.54) is 0 Å². The minimum absolute atomic E-state index is 0.00418. The second-order valence-electron chi connectivity index (χ2n) is 6.38. The van der Waals surface area contributed by atoms with Gasteiger partial charge in [-0.2, -0.15) is 0 Å². The Kier molecular flexibility index (Phi) is 3.52. The highest BCUT2D eigenvalue weighted by Gasteiger charge is 2.28. The molecule has 1 aromatic carbocycles. The predicted molar refractivity (Wildman–Crippen MR) is 93.4 cm³/mol. The van der Waals surface area contributed by atoms with Crippen molar-refractivity contribution in [3.8, 4) is 11.5 Å². The van der Waals surface area contributed by atoms with Crippen LogP contribution in [-0.4, -0.2) is 32.0 Å². The second kappa shape index (κ2) is 5.70. The molecule has 24 heavy (non-hydrogen) atoms. The lowest BCUT2D eigenvalue weighted by Gasteiger charge is -2.34. The van der Waals surface area contributed by atoms with Gasteiger partial charge in [-0.15, -0.1) is 0 Å². The average molecular weight is 323 g/mol. The first kappa shape index (κ1) is 14.8. The SMILES string of the molecule is Cn1cccc1-c1nc2c(C3CCCCN3C(N)=O)cccc2[nH]1. The number of benzene rings is 1. The molecule has 1 saturated heterocycles. The van der Waals surface area contributed by atoms with Crippen LogP contribution in [0.5, 0.6) is 0 Å². The second-order valence-corrected chi connectivity index (χ2v) is 6.38. The lowest BCUT2D eigenvalue weighted by atomic mass is 9.94. The molecule has 4 rings (SSSR count). The molecule has 0 spiro atoms. The molecule has 3 heterocycles. The molecule has 6 heteroatoms. The zero-order valence-corrected chi connectivity index (χ0v) is 13.7. The lowest BCUT2D eigenvalue weighted by molar-refractivity contribution is 0.160. The normalized spacial score (nSPS) is 18.2. The average Bonchev–Trinajstić information content (AvgIpc) is 3.19. The van der Waals surface area contributed by atoms with Gasteiger partial charge in [-0.25, -0.2) is 9.78 Å². The maximum Gasteiger partial charge on any atom is 0.315 e. The van der Waals surface area contributed by atoms with Crippen LogP contribution >= 0.6 is 0 Å². The van der Waals surface area contributed by atoms with Gasteiger partial charge in [0, 0.05) is 25.4 Å². The molecule has 124 valence electrons. The number of aromatic amines is 1. The van der Waals surface area contributed by atoms with Gasteiger partial charge in [-0.1, -0.05) is 12.1 Å². The van der Waals surface area contributed by atoms with Crippen LogP contribution in [0, 0.1) is 0 Å². The van der Waals surface area contributed by atoms with E-state index >= 15 is 0 Å². The number of nitrogens with zero attached hydrogens (tertiary/aromatic N) is 3. The summed E-state index contributed by atoms with van der Waals surface area (Å²) in [5.74, 6) is 0.839. The van der Waals surface area contributed by atoms with E-state index in [0.29, 0.717) is 6.54 Å². The molecule has 1 fully saturated rings. The summed E-state index contributed by atoms with van der Waals surface area (Å²) < 4.78 is 2.04. The molecular weight excluding hydrogens is 302 g/mol. The highest BCUT2D eigenvalue weighted by molar-refractivity contribution is 5.83. The number of carbonyl (C=O) groups is 1. The third-order valence-electron chi connectivity index (χ3n) is 4.88. The van der Waals surface area contributed by atoms with E-state index in [-0.39, 0.29) is 12.1 Å².